The number of H-pyrrole nitrogens is 1. The number of aromatic nitrogens is 1. The van der Waals surface area contributed by atoms with Crippen LogP contribution in [0.4, 0.5) is 0 Å². The van der Waals surface area contributed by atoms with Gasteiger partial charge in [-0.1, -0.05) is 12.2 Å². The zero-order chi connectivity index (χ0) is 12.1. The van der Waals surface area contributed by atoms with Crippen LogP contribution < -0.4 is 5.32 Å². The molecule has 0 amide bonds. The van der Waals surface area contributed by atoms with Crippen LogP contribution in [0.2, 0.25) is 0 Å². The van der Waals surface area contributed by atoms with Gasteiger partial charge in [-0.15, -0.1) is 0 Å². The van der Waals surface area contributed by atoms with E-state index in [1.54, 1.807) is 6.07 Å². The van der Waals surface area contributed by atoms with E-state index in [2.05, 4.69) is 27.2 Å². The van der Waals surface area contributed by atoms with Crippen molar-refractivity contribution in [2.75, 3.05) is 7.11 Å². The standard InChI is InChI=1S/C13H18N2O2/c1-17-13(16)12-8-7-11(15-12)9-14-10-5-3-2-4-6-10/h2-3,7-8,10,14-15H,4-6,9H2,1H3. The van der Waals surface area contributed by atoms with Gasteiger partial charge in [-0.25, -0.2) is 4.79 Å². The third-order valence-electron chi connectivity index (χ3n) is 3.00. The van der Waals surface area contributed by atoms with Gasteiger partial charge in [0.05, 0.1) is 7.11 Å². The fourth-order valence-electron chi connectivity index (χ4n) is 2.01. The molecular weight excluding hydrogens is 216 g/mol. The summed E-state index contributed by atoms with van der Waals surface area (Å²) in [5.41, 5.74) is 1.52. The van der Waals surface area contributed by atoms with Crippen LogP contribution in [0.5, 0.6) is 0 Å². The molecule has 1 atom stereocenters. The lowest BCUT2D eigenvalue weighted by Crippen LogP contribution is -2.29. The number of allylic oxidation sites excluding steroid dienone is 1. The van der Waals surface area contributed by atoms with Crippen LogP contribution in [-0.2, 0) is 11.3 Å². The zero-order valence-corrected chi connectivity index (χ0v) is 10.0. The third-order valence-corrected chi connectivity index (χ3v) is 3.00. The van der Waals surface area contributed by atoms with Crippen molar-refractivity contribution in [3.05, 3.63) is 35.7 Å². The summed E-state index contributed by atoms with van der Waals surface area (Å²) in [6, 6.07) is 4.21. The normalized spacial score (nSPS) is 19.2. The van der Waals surface area contributed by atoms with Crippen LogP contribution in [-0.4, -0.2) is 24.1 Å². The molecule has 1 aromatic rings. The van der Waals surface area contributed by atoms with Crippen LogP contribution in [0.3, 0.4) is 0 Å². The third kappa shape index (κ3) is 3.20. The Bertz CT molecular complexity index is 409. The highest BCUT2D eigenvalue weighted by Crippen LogP contribution is 2.11. The molecule has 4 nitrogen and oxygen atoms in total. The topological polar surface area (TPSA) is 54.1 Å². The fraction of sp³-hybridized carbons (Fsp3) is 0.462. The Labute approximate surface area is 101 Å². The molecule has 2 N–H and O–H groups in total. The Kier molecular flexibility index (Phi) is 3.98. The average Bonchev–Trinajstić information content (AvgIpc) is 2.85. The van der Waals surface area contributed by atoms with Crippen LogP contribution in [0.1, 0.15) is 35.4 Å². The van der Waals surface area contributed by atoms with E-state index in [0.29, 0.717) is 11.7 Å². The van der Waals surface area contributed by atoms with Gasteiger partial charge in [-0.3, -0.25) is 0 Å². The number of carbonyl (C=O) groups excluding carboxylic acids is 1. The van der Waals surface area contributed by atoms with Crippen molar-refractivity contribution in [3.63, 3.8) is 0 Å². The number of aromatic amines is 1. The molecule has 1 aromatic heterocycles. The maximum absolute atomic E-state index is 11.2. The first-order valence-electron chi connectivity index (χ1n) is 5.94. The van der Waals surface area contributed by atoms with Crippen molar-refractivity contribution < 1.29 is 9.53 Å². The Balaban J connectivity index is 1.84. The molecule has 1 heterocycles. The van der Waals surface area contributed by atoms with E-state index < -0.39 is 0 Å². The van der Waals surface area contributed by atoms with Gasteiger partial charge in [-0.2, -0.15) is 0 Å². The molecule has 1 aliphatic carbocycles. The van der Waals surface area contributed by atoms with E-state index in [1.807, 2.05) is 6.07 Å². The predicted octanol–water partition coefficient (Wildman–Crippen LogP) is 2.00. The molecule has 0 saturated heterocycles. The molecule has 0 aliphatic heterocycles. The summed E-state index contributed by atoms with van der Waals surface area (Å²) in [6.07, 6.45) is 7.86. The fourth-order valence-corrected chi connectivity index (χ4v) is 2.01. The molecule has 1 aliphatic rings. The minimum Gasteiger partial charge on any atom is -0.464 e. The Hall–Kier alpha value is -1.55. The second-order valence-electron chi connectivity index (χ2n) is 4.25. The SMILES string of the molecule is COC(=O)c1ccc(CNC2CC=CCC2)[nH]1. The monoisotopic (exact) mass is 234 g/mol. The molecule has 0 saturated carbocycles. The van der Waals surface area contributed by atoms with Gasteiger partial charge in [-0.05, 0) is 31.4 Å². The number of methoxy groups -OCH3 is 1. The molecule has 0 bridgehead atoms. The molecule has 0 fully saturated rings. The number of ether oxygens (including phenoxy) is 1. The number of nitrogens with one attached hydrogen (secondary N) is 2. The number of carbonyl (C=O) groups is 1. The highest BCUT2D eigenvalue weighted by atomic mass is 16.5. The molecule has 4 heteroatoms. The summed E-state index contributed by atoms with van der Waals surface area (Å²) in [7, 11) is 1.38. The molecule has 2 rings (SSSR count). The maximum Gasteiger partial charge on any atom is 0.354 e. The van der Waals surface area contributed by atoms with Crippen molar-refractivity contribution in [1.29, 1.82) is 0 Å². The molecule has 0 aromatic carbocycles. The molecule has 0 radical (unpaired) electrons. The van der Waals surface area contributed by atoms with Gasteiger partial charge in [0.1, 0.15) is 5.69 Å². The van der Waals surface area contributed by atoms with Gasteiger partial charge in [0, 0.05) is 18.3 Å². The van der Waals surface area contributed by atoms with E-state index in [4.69, 9.17) is 0 Å². The van der Waals surface area contributed by atoms with Crippen molar-refractivity contribution >= 4 is 5.97 Å². The molecule has 17 heavy (non-hydrogen) atoms. The van der Waals surface area contributed by atoms with Crippen molar-refractivity contribution in [3.8, 4) is 0 Å². The summed E-state index contributed by atoms with van der Waals surface area (Å²) in [4.78, 5) is 14.3. The predicted molar refractivity (Wildman–Crippen MR) is 65.8 cm³/mol. The first-order valence-corrected chi connectivity index (χ1v) is 5.94. The largest absolute Gasteiger partial charge is 0.464 e. The van der Waals surface area contributed by atoms with Crippen molar-refractivity contribution in [2.24, 2.45) is 0 Å². The van der Waals surface area contributed by atoms with Crippen molar-refractivity contribution in [1.82, 2.24) is 10.3 Å². The van der Waals surface area contributed by atoms with Gasteiger partial charge in [0.2, 0.25) is 0 Å². The summed E-state index contributed by atoms with van der Waals surface area (Å²) in [5, 5.41) is 3.47. The van der Waals surface area contributed by atoms with Gasteiger partial charge >= 0.3 is 5.97 Å². The quantitative estimate of drug-likeness (QED) is 0.619. The Morgan fingerprint density at radius 2 is 2.41 bits per heavy atom. The lowest BCUT2D eigenvalue weighted by molar-refractivity contribution is 0.0594. The minimum absolute atomic E-state index is 0.322. The average molecular weight is 234 g/mol. The van der Waals surface area contributed by atoms with E-state index >= 15 is 0 Å². The van der Waals surface area contributed by atoms with Gasteiger partial charge in [0.15, 0.2) is 0 Å². The number of rotatable bonds is 4. The molecule has 92 valence electrons. The van der Waals surface area contributed by atoms with Gasteiger partial charge < -0.3 is 15.0 Å². The van der Waals surface area contributed by atoms with Crippen molar-refractivity contribution in [2.45, 2.75) is 31.8 Å². The second kappa shape index (κ2) is 5.68. The lowest BCUT2D eigenvalue weighted by Gasteiger charge is -2.18. The van der Waals surface area contributed by atoms with Crippen LogP contribution in [0.15, 0.2) is 24.3 Å². The highest BCUT2D eigenvalue weighted by Gasteiger charge is 2.11. The number of hydrogen-bond donors (Lipinski definition) is 2. The van der Waals surface area contributed by atoms with Crippen LogP contribution in [0.25, 0.3) is 0 Å². The first-order chi connectivity index (χ1) is 8.29. The summed E-state index contributed by atoms with van der Waals surface area (Å²) in [5.74, 6) is -0.322. The Morgan fingerprint density at radius 3 is 3.12 bits per heavy atom. The van der Waals surface area contributed by atoms with E-state index in [0.717, 1.165) is 25.1 Å². The lowest BCUT2D eigenvalue weighted by atomic mass is 10.0. The van der Waals surface area contributed by atoms with E-state index in [9.17, 15) is 4.79 Å². The summed E-state index contributed by atoms with van der Waals surface area (Å²) in [6.45, 7) is 0.759. The zero-order valence-electron chi connectivity index (χ0n) is 10.0. The van der Waals surface area contributed by atoms with Crippen LogP contribution in [0, 0.1) is 0 Å². The van der Waals surface area contributed by atoms with Gasteiger partial charge in [0.25, 0.3) is 0 Å². The first kappa shape index (κ1) is 11.9. The molecular formula is C13H18N2O2. The van der Waals surface area contributed by atoms with Crippen LogP contribution >= 0.6 is 0 Å². The molecule has 1 unspecified atom stereocenters. The minimum atomic E-state index is -0.322. The molecule has 0 spiro atoms. The number of hydrogen-bond acceptors (Lipinski definition) is 3. The maximum atomic E-state index is 11.2. The second-order valence-corrected chi connectivity index (χ2v) is 4.25. The van der Waals surface area contributed by atoms with E-state index in [-0.39, 0.29) is 5.97 Å². The highest BCUT2D eigenvalue weighted by molar-refractivity contribution is 5.87. The smallest absolute Gasteiger partial charge is 0.354 e. The number of esters is 1. The van der Waals surface area contributed by atoms with E-state index in [1.165, 1.54) is 13.5 Å². The summed E-state index contributed by atoms with van der Waals surface area (Å²) < 4.78 is 4.64. The Morgan fingerprint density at radius 1 is 1.53 bits per heavy atom. The summed E-state index contributed by atoms with van der Waals surface area (Å²) >= 11 is 0.